The van der Waals surface area contributed by atoms with Crippen LogP contribution in [0, 0.1) is 0 Å². The van der Waals surface area contributed by atoms with Crippen molar-refractivity contribution in [2.24, 2.45) is 0 Å². The predicted molar refractivity (Wildman–Crippen MR) is 82.1 cm³/mol. The van der Waals surface area contributed by atoms with Crippen LogP contribution in [0.1, 0.15) is 57.2 Å². The Morgan fingerprint density at radius 2 is 2.10 bits per heavy atom. The van der Waals surface area contributed by atoms with E-state index in [1.807, 2.05) is 6.92 Å². The minimum atomic E-state index is 0.359. The minimum absolute atomic E-state index is 0.359. The summed E-state index contributed by atoms with van der Waals surface area (Å²) in [6.45, 7) is 8.67. The Morgan fingerprint density at radius 1 is 1.30 bits per heavy atom. The fourth-order valence-corrected chi connectivity index (χ4v) is 2.45. The van der Waals surface area contributed by atoms with Gasteiger partial charge in [-0.1, -0.05) is 13.0 Å². The number of hydrogen-bond acceptors (Lipinski definition) is 3. The Balaban J connectivity index is 2.07. The molecule has 1 N–H and O–H groups in total. The molecule has 1 aliphatic carbocycles. The molecule has 3 nitrogen and oxygen atoms in total. The zero-order valence-electron chi connectivity index (χ0n) is 12.9. The van der Waals surface area contributed by atoms with E-state index in [9.17, 15) is 0 Å². The molecule has 1 saturated carbocycles. The second kappa shape index (κ2) is 7.65. The Hall–Kier alpha value is -1.06. The third-order valence-electron chi connectivity index (χ3n) is 3.92. The quantitative estimate of drug-likeness (QED) is 0.783. The van der Waals surface area contributed by atoms with Crippen molar-refractivity contribution in [2.75, 3.05) is 13.2 Å². The smallest absolute Gasteiger partial charge is 0.124 e. The molecule has 0 amide bonds. The average Bonchev–Trinajstić information content (AvgIpc) is 2.39. The zero-order valence-corrected chi connectivity index (χ0v) is 12.9. The van der Waals surface area contributed by atoms with Gasteiger partial charge in [0, 0.05) is 11.6 Å². The van der Waals surface area contributed by atoms with Gasteiger partial charge >= 0.3 is 0 Å². The number of ether oxygens (including phenoxy) is 2. The molecule has 1 atom stereocenters. The van der Waals surface area contributed by atoms with E-state index in [-0.39, 0.29) is 0 Å². The standard InChI is InChI=1S/C17H27NO2/c1-4-18-13(3)14-9-10-17(19-5-2)15(11-14)12-20-16-7-6-8-16/h9-11,13,16,18H,4-8,12H2,1-3H3. The fourth-order valence-electron chi connectivity index (χ4n) is 2.45. The van der Waals surface area contributed by atoms with Crippen LogP contribution in [0.4, 0.5) is 0 Å². The summed E-state index contributed by atoms with van der Waals surface area (Å²) in [6.07, 6.45) is 4.18. The summed E-state index contributed by atoms with van der Waals surface area (Å²) in [5.41, 5.74) is 2.46. The maximum Gasteiger partial charge on any atom is 0.124 e. The van der Waals surface area contributed by atoms with Crippen molar-refractivity contribution in [3.8, 4) is 5.75 Å². The lowest BCUT2D eigenvalue weighted by Crippen LogP contribution is -2.21. The van der Waals surface area contributed by atoms with Gasteiger partial charge in [-0.05, 0) is 57.4 Å². The van der Waals surface area contributed by atoms with Gasteiger partial charge in [0.1, 0.15) is 5.75 Å². The maximum absolute atomic E-state index is 5.95. The number of nitrogens with one attached hydrogen (secondary N) is 1. The van der Waals surface area contributed by atoms with Crippen molar-refractivity contribution in [1.82, 2.24) is 5.32 Å². The Bertz CT molecular complexity index is 415. The van der Waals surface area contributed by atoms with Crippen molar-refractivity contribution >= 4 is 0 Å². The van der Waals surface area contributed by atoms with E-state index in [4.69, 9.17) is 9.47 Å². The molecule has 112 valence electrons. The Morgan fingerprint density at radius 3 is 2.70 bits per heavy atom. The summed E-state index contributed by atoms with van der Waals surface area (Å²) >= 11 is 0. The van der Waals surface area contributed by atoms with Crippen LogP contribution < -0.4 is 10.1 Å². The first kappa shape index (κ1) is 15.3. The first-order valence-corrected chi connectivity index (χ1v) is 7.85. The lowest BCUT2D eigenvalue weighted by molar-refractivity contribution is -0.00949. The molecule has 0 radical (unpaired) electrons. The van der Waals surface area contributed by atoms with Gasteiger partial charge in [-0.15, -0.1) is 0 Å². The summed E-state index contributed by atoms with van der Waals surface area (Å²) in [4.78, 5) is 0. The van der Waals surface area contributed by atoms with Gasteiger partial charge < -0.3 is 14.8 Å². The first-order chi connectivity index (χ1) is 9.74. The van der Waals surface area contributed by atoms with Crippen LogP contribution in [-0.4, -0.2) is 19.3 Å². The molecule has 1 aliphatic rings. The van der Waals surface area contributed by atoms with Crippen molar-refractivity contribution in [2.45, 2.75) is 58.8 Å². The molecule has 1 aromatic rings. The summed E-state index contributed by atoms with van der Waals surface area (Å²) in [6, 6.07) is 6.80. The van der Waals surface area contributed by atoms with E-state index >= 15 is 0 Å². The third kappa shape index (κ3) is 3.97. The van der Waals surface area contributed by atoms with Crippen molar-refractivity contribution in [1.29, 1.82) is 0 Å². The lowest BCUT2D eigenvalue weighted by Gasteiger charge is -2.26. The summed E-state index contributed by atoms with van der Waals surface area (Å²) in [7, 11) is 0. The van der Waals surface area contributed by atoms with Crippen LogP contribution in [0.25, 0.3) is 0 Å². The van der Waals surface area contributed by atoms with Crippen LogP contribution in [-0.2, 0) is 11.3 Å². The maximum atomic E-state index is 5.95. The zero-order chi connectivity index (χ0) is 14.4. The fraction of sp³-hybridized carbons (Fsp3) is 0.647. The van der Waals surface area contributed by atoms with Crippen LogP contribution in [0.3, 0.4) is 0 Å². The van der Waals surface area contributed by atoms with Crippen molar-refractivity contribution < 1.29 is 9.47 Å². The molecular weight excluding hydrogens is 250 g/mol. The normalized spacial score (nSPS) is 16.8. The molecule has 0 aliphatic heterocycles. The van der Waals surface area contributed by atoms with Gasteiger partial charge in [0.25, 0.3) is 0 Å². The highest BCUT2D eigenvalue weighted by Crippen LogP contribution is 2.28. The molecule has 0 heterocycles. The Kier molecular flexibility index (Phi) is 5.86. The molecule has 1 fully saturated rings. The number of rotatable bonds is 8. The molecule has 0 saturated heterocycles. The van der Waals surface area contributed by atoms with Gasteiger partial charge in [-0.3, -0.25) is 0 Å². The van der Waals surface area contributed by atoms with Crippen LogP contribution in [0.2, 0.25) is 0 Å². The number of hydrogen-bond donors (Lipinski definition) is 1. The van der Waals surface area contributed by atoms with Crippen LogP contribution >= 0.6 is 0 Å². The van der Waals surface area contributed by atoms with Gasteiger partial charge in [-0.2, -0.15) is 0 Å². The highest BCUT2D eigenvalue weighted by atomic mass is 16.5. The van der Waals surface area contributed by atoms with Gasteiger partial charge in [0.2, 0.25) is 0 Å². The largest absolute Gasteiger partial charge is 0.494 e. The summed E-state index contributed by atoms with van der Waals surface area (Å²) in [5, 5.41) is 3.45. The highest BCUT2D eigenvalue weighted by Gasteiger charge is 2.19. The molecule has 0 spiro atoms. The van der Waals surface area contributed by atoms with E-state index in [0.29, 0.717) is 25.4 Å². The van der Waals surface area contributed by atoms with E-state index in [2.05, 4.69) is 37.4 Å². The molecule has 0 bridgehead atoms. The Labute approximate surface area is 122 Å². The van der Waals surface area contributed by atoms with Crippen LogP contribution in [0.15, 0.2) is 18.2 Å². The molecule has 2 rings (SSSR count). The number of benzene rings is 1. The van der Waals surface area contributed by atoms with Gasteiger partial charge in [0.05, 0.1) is 19.3 Å². The lowest BCUT2D eigenvalue weighted by atomic mass is 9.96. The second-order valence-corrected chi connectivity index (χ2v) is 5.44. The SMILES string of the molecule is CCNC(C)c1ccc(OCC)c(COC2CCC2)c1. The van der Waals surface area contributed by atoms with Gasteiger partial charge in [0.15, 0.2) is 0 Å². The third-order valence-corrected chi connectivity index (χ3v) is 3.92. The molecule has 20 heavy (non-hydrogen) atoms. The van der Waals surface area contributed by atoms with E-state index in [1.54, 1.807) is 0 Å². The van der Waals surface area contributed by atoms with Crippen molar-refractivity contribution in [3.63, 3.8) is 0 Å². The van der Waals surface area contributed by atoms with Crippen LogP contribution in [0.5, 0.6) is 5.75 Å². The minimum Gasteiger partial charge on any atom is -0.494 e. The molecule has 1 unspecified atom stereocenters. The first-order valence-electron chi connectivity index (χ1n) is 7.85. The van der Waals surface area contributed by atoms with E-state index < -0.39 is 0 Å². The topological polar surface area (TPSA) is 30.5 Å². The summed E-state index contributed by atoms with van der Waals surface area (Å²) in [5.74, 6) is 0.958. The van der Waals surface area contributed by atoms with E-state index in [1.165, 1.54) is 30.4 Å². The molecule has 0 aromatic heterocycles. The average molecular weight is 277 g/mol. The second-order valence-electron chi connectivity index (χ2n) is 5.44. The predicted octanol–water partition coefficient (Wildman–Crippen LogP) is 3.82. The molecule has 1 aromatic carbocycles. The molecule has 3 heteroatoms. The monoisotopic (exact) mass is 277 g/mol. The summed E-state index contributed by atoms with van der Waals surface area (Å²) < 4.78 is 11.7. The van der Waals surface area contributed by atoms with E-state index in [0.717, 1.165) is 12.3 Å². The van der Waals surface area contributed by atoms with Crippen molar-refractivity contribution in [3.05, 3.63) is 29.3 Å². The highest BCUT2D eigenvalue weighted by molar-refractivity contribution is 5.38. The van der Waals surface area contributed by atoms with Gasteiger partial charge in [-0.25, -0.2) is 0 Å². The molecular formula is C17H27NO2.